The van der Waals surface area contributed by atoms with Crippen molar-refractivity contribution >= 4 is 121 Å². The van der Waals surface area contributed by atoms with Crippen molar-refractivity contribution in [3.8, 4) is 46.0 Å². The van der Waals surface area contributed by atoms with E-state index < -0.39 is 0 Å². The van der Waals surface area contributed by atoms with E-state index in [4.69, 9.17) is 41.9 Å². The van der Waals surface area contributed by atoms with Crippen LogP contribution in [0.3, 0.4) is 0 Å². The molecule has 4 heterocycles. The van der Waals surface area contributed by atoms with Crippen molar-refractivity contribution in [1.82, 2.24) is 18.8 Å². The number of nitrogen functional groups attached to an aromatic ring is 4. The first-order chi connectivity index (χ1) is 36.1. The Balaban J connectivity index is 1.26. The fourth-order valence-corrected chi connectivity index (χ4v) is 11.2. The predicted molar refractivity (Wildman–Crippen MR) is 296 cm³/mol. The number of para-hydroxylation sites is 4. The molecule has 0 aliphatic rings. The van der Waals surface area contributed by atoms with Gasteiger partial charge in [0.2, 0.25) is 0 Å². The van der Waals surface area contributed by atoms with Gasteiger partial charge in [0, 0.05) is 101 Å². The van der Waals surface area contributed by atoms with Crippen molar-refractivity contribution in [2.45, 2.75) is 0 Å². The summed E-state index contributed by atoms with van der Waals surface area (Å²) in [6.07, 6.45) is 0. The van der Waals surface area contributed by atoms with E-state index in [1.165, 1.54) is 0 Å². The average Bonchev–Trinajstić information content (AvgIpc) is 3.99. The minimum atomic E-state index is -0.290. The van der Waals surface area contributed by atoms with Gasteiger partial charge >= 0.3 is 0 Å². The number of anilines is 4. The summed E-state index contributed by atoms with van der Waals surface area (Å²) in [5, 5.41) is 6.64. The Labute approximate surface area is 416 Å². The summed E-state index contributed by atoms with van der Waals surface area (Å²) in [7, 11) is 0. The standard InChI is InChI=1S/C60H38N8O6/c61-29-9-5-13-33(21-29)71-45-25-37-49-39(59(69)67-43-19-3-1-17-41(43)65-57(37)67)27-47(73-35-15-7-11-31(63)23-35)53-54-48(74-36-16-8-12-32(64)24-36)28-40-50-38(58-66-42-18-2-4-20-44(42)68(58)60(40)70)26-46(52(56(50)54)51(45)55(49)53)72-34-14-6-10-30(62)22-34/h1-28,65-66H,61-64H2. The number of aromatic amines is 2. The number of hydrogen-bond donors (Lipinski definition) is 6. The lowest BCUT2D eigenvalue weighted by Crippen LogP contribution is -2.15. The van der Waals surface area contributed by atoms with Crippen LogP contribution >= 0.6 is 0 Å². The third-order valence-corrected chi connectivity index (χ3v) is 14.1. The molecule has 0 amide bonds. The molecular weight excluding hydrogens is 929 g/mol. The molecule has 0 radical (unpaired) electrons. The number of nitrogens with zero attached hydrogens (tertiary/aromatic N) is 2. The summed E-state index contributed by atoms with van der Waals surface area (Å²) in [4.78, 5) is 38.3. The molecule has 11 aromatic carbocycles. The number of hydrogen-bond acceptors (Lipinski definition) is 10. The molecule has 4 aromatic heterocycles. The van der Waals surface area contributed by atoms with Gasteiger partial charge in [0.05, 0.1) is 32.8 Å². The van der Waals surface area contributed by atoms with Gasteiger partial charge in [0.1, 0.15) is 57.3 Å². The average molecular weight is 967 g/mol. The van der Waals surface area contributed by atoms with Gasteiger partial charge in [0.15, 0.2) is 0 Å². The maximum atomic E-state index is 15.6. The van der Waals surface area contributed by atoms with E-state index in [0.29, 0.717) is 156 Å². The highest BCUT2D eigenvalue weighted by atomic mass is 16.5. The van der Waals surface area contributed by atoms with E-state index in [1.807, 2.05) is 84.9 Å². The summed E-state index contributed by atoms with van der Waals surface area (Å²) in [5.41, 5.74) is 31.0. The van der Waals surface area contributed by atoms with E-state index in [1.54, 1.807) is 93.7 Å². The van der Waals surface area contributed by atoms with Crippen LogP contribution in [0.1, 0.15) is 0 Å². The van der Waals surface area contributed by atoms with Crippen LogP contribution in [-0.2, 0) is 0 Å². The van der Waals surface area contributed by atoms with Crippen molar-refractivity contribution in [3.63, 3.8) is 0 Å². The van der Waals surface area contributed by atoms with Crippen molar-refractivity contribution in [1.29, 1.82) is 0 Å². The zero-order chi connectivity index (χ0) is 49.7. The fraction of sp³-hybridized carbons (Fsp3) is 0. The predicted octanol–water partition coefficient (Wildman–Crippen LogP) is 13.2. The van der Waals surface area contributed by atoms with Crippen LogP contribution in [0.2, 0.25) is 0 Å². The molecule has 0 unspecified atom stereocenters. The summed E-state index contributed by atoms with van der Waals surface area (Å²) in [6, 6.07) is 51.4. The van der Waals surface area contributed by atoms with Gasteiger partial charge in [0.25, 0.3) is 11.1 Å². The van der Waals surface area contributed by atoms with Crippen LogP contribution in [0.25, 0.3) is 98.0 Å². The number of rotatable bonds is 8. The molecule has 0 aliphatic heterocycles. The normalized spacial score (nSPS) is 12.1. The van der Waals surface area contributed by atoms with Gasteiger partial charge in [-0.25, -0.2) is 0 Å². The molecule has 0 saturated carbocycles. The Morgan fingerprint density at radius 3 is 0.959 bits per heavy atom. The molecule has 0 aliphatic carbocycles. The lowest BCUT2D eigenvalue weighted by atomic mass is 9.84. The van der Waals surface area contributed by atoms with E-state index in [0.717, 1.165) is 11.0 Å². The van der Waals surface area contributed by atoms with Gasteiger partial charge in [-0.15, -0.1) is 0 Å². The van der Waals surface area contributed by atoms with Crippen LogP contribution < -0.4 is 53.0 Å². The number of nitrogens with two attached hydrogens (primary N) is 4. The Kier molecular flexibility index (Phi) is 8.33. The molecule has 0 bridgehead atoms. The van der Waals surface area contributed by atoms with E-state index >= 15 is 9.59 Å². The largest absolute Gasteiger partial charge is 0.457 e. The third-order valence-electron chi connectivity index (χ3n) is 14.1. The molecule has 0 fully saturated rings. The van der Waals surface area contributed by atoms with Gasteiger partial charge in [-0.3, -0.25) is 18.4 Å². The highest BCUT2D eigenvalue weighted by molar-refractivity contribution is 6.45. The lowest BCUT2D eigenvalue weighted by molar-refractivity contribution is 0.484. The van der Waals surface area contributed by atoms with Crippen LogP contribution in [0.5, 0.6) is 46.0 Å². The number of H-pyrrole nitrogens is 2. The Morgan fingerprint density at radius 1 is 0.324 bits per heavy atom. The topological polar surface area (TPSA) is 216 Å². The SMILES string of the molecule is Nc1cccc(Oc2cc3c(=O)n4c5ccccc5[nH]c4c4cc(Oc5cccc(N)c5)c5c6c(Oc7cccc(N)c7)cc7c8c(cc(Oc9cccc(N)c9)c(c2c5c34)c68)c(=O)n2c3ccccc3[nH]c72)c1. The molecule has 74 heavy (non-hydrogen) atoms. The van der Waals surface area contributed by atoms with Crippen molar-refractivity contribution in [2.24, 2.45) is 0 Å². The highest BCUT2D eigenvalue weighted by Crippen LogP contribution is 2.57. The number of imidazole rings is 2. The molecule has 10 N–H and O–H groups in total. The van der Waals surface area contributed by atoms with Crippen LogP contribution in [-0.4, -0.2) is 18.8 Å². The fourth-order valence-electron chi connectivity index (χ4n) is 11.2. The zero-order valence-electron chi connectivity index (χ0n) is 38.8. The maximum absolute atomic E-state index is 15.6. The number of nitrogens with one attached hydrogen (secondary N) is 2. The first-order valence-corrected chi connectivity index (χ1v) is 23.8. The second kappa shape index (κ2) is 15.0. The summed E-state index contributed by atoms with van der Waals surface area (Å²) >= 11 is 0. The Hall–Kier alpha value is -10.6. The first-order valence-electron chi connectivity index (χ1n) is 23.8. The molecule has 14 heteroatoms. The second-order valence-electron chi connectivity index (χ2n) is 18.6. The Bertz CT molecular complexity index is 4700. The molecule has 15 rings (SSSR count). The smallest absolute Gasteiger partial charge is 0.264 e. The number of aromatic nitrogens is 4. The Morgan fingerprint density at radius 2 is 0.635 bits per heavy atom. The zero-order valence-corrected chi connectivity index (χ0v) is 38.8. The summed E-state index contributed by atoms with van der Waals surface area (Å²) < 4.78 is 31.9. The molecule has 14 nitrogen and oxygen atoms in total. The van der Waals surface area contributed by atoms with Gasteiger partial charge in [-0.2, -0.15) is 0 Å². The first kappa shape index (κ1) is 41.2. The quantitative estimate of drug-likeness (QED) is 0.0481. The van der Waals surface area contributed by atoms with Crippen molar-refractivity contribution in [3.05, 3.63) is 191 Å². The van der Waals surface area contributed by atoms with E-state index in [2.05, 4.69) is 9.97 Å². The van der Waals surface area contributed by atoms with Crippen LogP contribution in [0, 0.1) is 0 Å². The van der Waals surface area contributed by atoms with Gasteiger partial charge in [-0.05, 0) is 97.1 Å². The number of benzene rings is 11. The van der Waals surface area contributed by atoms with Crippen LogP contribution in [0.15, 0.2) is 179 Å². The molecule has 354 valence electrons. The van der Waals surface area contributed by atoms with Gasteiger partial charge < -0.3 is 51.9 Å². The summed E-state index contributed by atoms with van der Waals surface area (Å²) in [6.45, 7) is 0. The molecule has 0 atom stereocenters. The molecular formula is C60H38N8O6. The van der Waals surface area contributed by atoms with Gasteiger partial charge in [-0.1, -0.05) is 48.5 Å². The van der Waals surface area contributed by atoms with E-state index in [9.17, 15) is 0 Å². The maximum Gasteiger partial charge on any atom is 0.264 e. The second-order valence-corrected chi connectivity index (χ2v) is 18.6. The third kappa shape index (κ3) is 5.87. The number of pyridine rings is 2. The lowest BCUT2D eigenvalue weighted by Gasteiger charge is -2.25. The van der Waals surface area contributed by atoms with Crippen LogP contribution in [0.4, 0.5) is 22.7 Å². The molecule has 0 spiro atoms. The highest BCUT2D eigenvalue weighted by Gasteiger charge is 2.32. The van der Waals surface area contributed by atoms with Crippen molar-refractivity contribution < 1.29 is 18.9 Å². The number of ether oxygens (including phenoxy) is 4. The minimum absolute atomic E-state index is 0.290. The van der Waals surface area contributed by atoms with Crippen molar-refractivity contribution in [2.75, 3.05) is 22.9 Å². The monoisotopic (exact) mass is 966 g/mol. The number of fused-ring (bicyclic) bond motifs is 10. The van der Waals surface area contributed by atoms with E-state index in [-0.39, 0.29) is 11.1 Å². The molecule has 0 saturated heterocycles. The minimum Gasteiger partial charge on any atom is -0.457 e. The summed E-state index contributed by atoms with van der Waals surface area (Å²) in [5.74, 6) is 3.10. The molecule has 15 aromatic rings.